The van der Waals surface area contributed by atoms with Crippen molar-refractivity contribution in [2.24, 2.45) is 0 Å². The average Bonchev–Trinajstić information content (AvgIpc) is 3.27. The van der Waals surface area contributed by atoms with Crippen LogP contribution >= 0.6 is 11.6 Å². The number of Topliss-reactive ketones (excluding diaryl/α,β-unsaturated/α-hetero) is 1. The Morgan fingerprint density at radius 2 is 1.85 bits per heavy atom. The first kappa shape index (κ1) is 15.0. The van der Waals surface area contributed by atoms with Crippen molar-refractivity contribution in [3.8, 4) is 0 Å². The summed E-state index contributed by atoms with van der Waals surface area (Å²) >= 11 is 5.77. The zero-order chi connectivity index (χ0) is 14.5. The zero-order valence-electron chi connectivity index (χ0n) is 11.2. The molecule has 1 aromatic rings. The quantitative estimate of drug-likeness (QED) is 0.785. The summed E-state index contributed by atoms with van der Waals surface area (Å²) in [5.41, 5.74) is 0.572. The minimum absolute atomic E-state index is 0.0344. The van der Waals surface area contributed by atoms with Crippen LogP contribution in [0.15, 0.2) is 24.3 Å². The third kappa shape index (κ3) is 4.05. The van der Waals surface area contributed by atoms with Crippen molar-refractivity contribution >= 4 is 23.3 Å². The number of aliphatic hydroxyl groups excluding tert-OH is 1. The lowest BCUT2D eigenvalue weighted by molar-refractivity contribution is -0.132. The van der Waals surface area contributed by atoms with Gasteiger partial charge in [0, 0.05) is 36.0 Å². The standard InChI is InChI=1S/C15H18ClNO3/c16-12-3-1-11(2-4-12)14(19)7-8-15(20)17(9-10-18)13-5-6-13/h1-4,13,18H,5-10H2. The fraction of sp³-hybridized carbons (Fsp3) is 0.467. The van der Waals surface area contributed by atoms with Gasteiger partial charge >= 0.3 is 0 Å². The molecule has 0 radical (unpaired) electrons. The van der Waals surface area contributed by atoms with Crippen LogP contribution in [0.3, 0.4) is 0 Å². The molecule has 0 bridgehead atoms. The Bertz CT molecular complexity index is 482. The van der Waals surface area contributed by atoms with E-state index in [9.17, 15) is 9.59 Å². The highest BCUT2D eigenvalue weighted by Gasteiger charge is 2.31. The molecule has 0 saturated heterocycles. The predicted octanol–water partition coefficient (Wildman–Crippen LogP) is 2.29. The van der Waals surface area contributed by atoms with Gasteiger partial charge in [0.1, 0.15) is 0 Å². The first-order valence-electron chi connectivity index (χ1n) is 6.81. The molecule has 4 nitrogen and oxygen atoms in total. The van der Waals surface area contributed by atoms with E-state index in [4.69, 9.17) is 16.7 Å². The van der Waals surface area contributed by atoms with E-state index in [0.29, 0.717) is 17.1 Å². The molecule has 0 unspecified atom stereocenters. The molecule has 5 heteroatoms. The number of nitrogens with zero attached hydrogens (tertiary/aromatic N) is 1. The van der Waals surface area contributed by atoms with Gasteiger partial charge < -0.3 is 10.0 Å². The van der Waals surface area contributed by atoms with Gasteiger partial charge in [0.2, 0.25) is 5.91 Å². The molecule has 1 fully saturated rings. The molecule has 0 aromatic heterocycles. The van der Waals surface area contributed by atoms with E-state index in [1.807, 2.05) is 0 Å². The Labute approximate surface area is 123 Å². The summed E-state index contributed by atoms with van der Waals surface area (Å²) in [5.74, 6) is -0.112. The van der Waals surface area contributed by atoms with Crippen molar-refractivity contribution in [3.63, 3.8) is 0 Å². The summed E-state index contributed by atoms with van der Waals surface area (Å²) in [4.78, 5) is 25.7. The van der Waals surface area contributed by atoms with Crippen LogP contribution in [0.1, 0.15) is 36.0 Å². The number of aliphatic hydroxyl groups is 1. The highest BCUT2D eigenvalue weighted by atomic mass is 35.5. The van der Waals surface area contributed by atoms with E-state index < -0.39 is 0 Å². The maximum atomic E-state index is 12.0. The molecular formula is C15H18ClNO3. The number of amides is 1. The summed E-state index contributed by atoms with van der Waals surface area (Å²) in [5, 5.41) is 9.55. The average molecular weight is 296 g/mol. The fourth-order valence-electron chi connectivity index (χ4n) is 2.15. The molecule has 1 aromatic carbocycles. The van der Waals surface area contributed by atoms with E-state index in [1.54, 1.807) is 29.2 Å². The number of benzene rings is 1. The van der Waals surface area contributed by atoms with Crippen LogP contribution in [-0.4, -0.2) is 40.9 Å². The second-order valence-corrected chi connectivity index (χ2v) is 5.41. The van der Waals surface area contributed by atoms with Crippen LogP contribution in [0.5, 0.6) is 0 Å². The molecule has 1 aliphatic rings. The third-order valence-corrected chi connectivity index (χ3v) is 3.63. The first-order valence-corrected chi connectivity index (χ1v) is 7.18. The molecule has 1 N–H and O–H groups in total. The van der Waals surface area contributed by atoms with Gasteiger partial charge in [-0.05, 0) is 37.1 Å². The Morgan fingerprint density at radius 1 is 1.20 bits per heavy atom. The minimum atomic E-state index is -0.0604. The highest BCUT2D eigenvalue weighted by molar-refractivity contribution is 6.30. The van der Waals surface area contributed by atoms with Crippen LogP contribution in [0.2, 0.25) is 5.02 Å². The highest BCUT2D eigenvalue weighted by Crippen LogP contribution is 2.27. The lowest BCUT2D eigenvalue weighted by atomic mass is 10.1. The van der Waals surface area contributed by atoms with E-state index in [-0.39, 0.29) is 37.2 Å². The number of carbonyl (C=O) groups is 2. The van der Waals surface area contributed by atoms with Gasteiger partial charge in [-0.2, -0.15) is 0 Å². The number of halogens is 1. The smallest absolute Gasteiger partial charge is 0.223 e. The number of rotatable bonds is 7. The van der Waals surface area contributed by atoms with Crippen LogP contribution < -0.4 is 0 Å². The largest absolute Gasteiger partial charge is 0.395 e. The number of hydrogen-bond acceptors (Lipinski definition) is 3. The lowest BCUT2D eigenvalue weighted by Gasteiger charge is -2.21. The third-order valence-electron chi connectivity index (χ3n) is 3.38. The van der Waals surface area contributed by atoms with E-state index >= 15 is 0 Å². The van der Waals surface area contributed by atoms with Crippen LogP contribution in [0.25, 0.3) is 0 Å². The van der Waals surface area contributed by atoms with E-state index in [2.05, 4.69) is 0 Å². The van der Waals surface area contributed by atoms with Gasteiger partial charge in [0.25, 0.3) is 0 Å². The SMILES string of the molecule is O=C(CCC(=O)N(CCO)C1CC1)c1ccc(Cl)cc1. The van der Waals surface area contributed by atoms with Crippen molar-refractivity contribution in [1.82, 2.24) is 4.90 Å². The fourth-order valence-corrected chi connectivity index (χ4v) is 2.28. The van der Waals surface area contributed by atoms with Gasteiger partial charge in [-0.1, -0.05) is 11.6 Å². The molecular weight excluding hydrogens is 278 g/mol. The van der Waals surface area contributed by atoms with Crippen LogP contribution in [-0.2, 0) is 4.79 Å². The van der Waals surface area contributed by atoms with Crippen molar-refractivity contribution in [2.45, 2.75) is 31.7 Å². The molecule has 0 spiro atoms. The Morgan fingerprint density at radius 3 is 2.40 bits per heavy atom. The molecule has 20 heavy (non-hydrogen) atoms. The Balaban J connectivity index is 1.85. The minimum Gasteiger partial charge on any atom is -0.395 e. The maximum absolute atomic E-state index is 12.0. The van der Waals surface area contributed by atoms with Gasteiger partial charge in [0.05, 0.1) is 6.61 Å². The van der Waals surface area contributed by atoms with Gasteiger partial charge in [-0.25, -0.2) is 0 Å². The number of carbonyl (C=O) groups excluding carboxylic acids is 2. The van der Waals surface area contributed by atoms with Crippen molar-refractivity contribution in [2.75, 3.05) is 13.2 Å². The van der Waals surface area contributed by atoms with E-state index in [0.717, 1.165) is 12.8 Å². The zero-order valence-corrected chi connectivity index (χ0v) is 12.0. The molecule has 1 saturated carbocycles. The molecule has 2 rings (SSSR count). The predicted molar refractivity (Wildman–Crippen MR) is 76.8 cm³/mol. The summed E-state index contributed by atoms with van der Waals surface area (Å²) in [6.07, 6.45) is 2.38. The van der Waals surface area contributed by atoms with Gasteiger partial charge in [0.15, 0.2) is 5.78 Å². The summed E-state index contributed by atoms with van der Waals surface area (Å²) < 4.78 is 0. The monoisotopic (exact) mass is 295 g/mol. The van der Waals surface area contributed by atoms with E-state index in [1.165, 1.54) is 0 Å². The molecule has 0 atom stereocenters. The van der Waals surface area contributed by atoms with Gasteiger partial charge in [-0.3, -0.25) is 9.59 Å². The number of hydrogen-bond donors (Lipinski definition) is 1. The molecule has 0 aliphatic heterocycles. The van der Waals surface area contributed by atoms with Crippen molar-refractivity contribution < 1.29 is 14.7 Å². The summed E-state index contributed by atoms with van der Waals surface area (Å²) in [7, 11) is 0. The molecule has 108 valence electrons. The normalized spacial score (nSPS) is 14.1. The molecule has 0 heterocycles. The Kier molecular flexibility index (Phi) is 5.15. The van der Waals surface area contributed by atoms with Gasteiger partial charge in [-0.15, -0.1) is 0 Å². The number of ketones is 1. The second-order valence-electron chi connectivity index (χ2n) is 4.97. The first-order chi connectivity index (χ1) is 9.61. The topological polar surface area (TPSA) is 57.6 Å². The van der Waals surface area contributed by atoms with Crippen LogP contribution in [0.4, 0.5) is 0 Å². The molecule has 1 amide bonds. The maximum Gasteiger partial charge on any atom is 0.223 e. The van der Waals surface area contributed by atoms with Crippen LogP contribution in [0, 0.1) is 0 Å². The second kappa shape index (κ2) is 6.86. The Hall–Kier alpha value is -1.39. The molecule has 1 aliphatic carbocycles. The summed E-state index contributed by atoms with van der Waals surface area (Å²) in [6.45, 7) is 0.325. The van der Waals surface area contributed by atoms with Crippen molar-refractivity contribution in [1.29, 1.82) is 0 Å². The van der Waals surface area contributed by atoms with Crippen molar-refractivity contribution in [3.05, 3.63) is 34.9 Å². The summed E-state index contributed by atoms with van der Waals surface area (Å²) in [6, 6.07) is 6.93. The lowest BCUT2D eigenvalue weighted by Crippen LogP contribution is -2.35.